The molecule has 0 saturated heterocycles. The van der Waals surface area contributed by atoms with Gasteiger partial charge in [0.1, 0.15) is 0 Å². The fraction of sp³-hybridized carbons (Fsp3) is 1.00. The van der Waals surface area contributed by atoms with Crippen molar-refractivity contribution in [1.82, 2.24) is 0 Å². The molecule has 2 atom stereocenters. The van der Waals surface area contributed by atoms with Crippen molar-refractivity contribution in [2.75, 3.05) is 0 Å². The molecule has 0 aromatic rings. The molecule has 0 amide bonds. The number of halogens is 2. The van der Waals surface area contributed by atoms with E-state index in [1.807, 2.05) is 6.92 Å². The van der Waals surface area contributed by atoms with E-state index in [9.17, 15) is 8.78 Å². The fourth-order valence-electron chi connectivity index (χ4n) is 0.702. The molecule has 7 heavy (non-hydrogen) atoms. The molecule has 2 heteroatoms. The van der Waals surface area contributed by atoms with E-state index in [1.165, 1.54) is 0 Å². The Morgan fingerprint density at radius 3 is 2.00 bits per heavy atom. The first kappa shape index (κ1) is 5.01. The highest BCUT2D eigenvalue weighted by Crippen LogP contribution is 2.42. The second kappa shape index (κ2) is 1.42. The molecule has 1 aliphatic rings. The average Bonchev–Trinajstić information content (AvgIpc) is 2.17. The van der Waals surface area contributed by atoms with Crippen LogP contribution >= 0.6 is 0 Å². The van der Waals surface area contributed by atoms with E-state index in [0.717, 1.165) is 6.42 Å². The van der Waals surface area contributed by atoms with Gasteiger partial charge in [-0.2, -0.15) is 0 Å². The minimum Gasteiger partial charge on any atom is -0.210 e. The first-order valence-corrected chi connectivity index (χ1v) is 2.50. The average molecular weight is 106 g/mol. The fourth-order valence-corrected chi connectivity index (χ4v) is 0.702. The molecule has 0 aromatic carbocycles. The van der Waals surface area contributed by atoms with Crippen LogP contribution in [0.3, 0.4) is 0 Å². The zero-order valence-corrected chi connectivity index (χ0v) is 4.20. The van der Waals surface area contributed by atoms with Crippen LogP contribution < -0.4 is 0 Å². The number of alkyl halides is 2. The van der Waals surface area contributed by atoms with Crippen LogP contribution in [0.2, 0.25) is 0 Å². The van der Waals surface area contributed by atoms with Crippen LogP contribution in [0.1, 0.15) is 13.3 Å². The third kappa shape index (κ3) is 0.898. The largest absolute Gasteiger partial charge is 0.241 e. The number of hydrogen-bond donors (Lipinski definition) is 0. The lowest BCUT2D eigenvalue weighted by atomic mass is 10.4. The second-order valence-corrected chi connectivity index (χ2v) is 2.21. The Kier molecular flexibility index (Phi) is 1.02. The van der Waals surface area contributed by atoms with Gasteiger partial charge in [0.25, 0.3) is 0 Å². The molecule has 0 nitrogen and oxygen atoms in total. The lowest BCUT2D eigenvalue weighted by molar-refractivity contribution is 0.117. The summed E-state index contributed by atoms with van der Waals surface area (Å²) in [7, 11) is 0. The first-order chi connectivity index (χ1) is 3.22. The highest BCUT2D eigenvalue weighted by molar-refractivity contribution is 4.83. The van der Waals surface area contributed by atoms with Crippen molar-refractivity contribution in [1.29, 1.82) is 0 Å². The van der Waals surface area contributed by atoms with Crippen LogP contribution in [0.15, 0.2) is 0 Å². The molecular formula is C5H8F2. The standard InChI is InChI=1S/C5H8F2/c1-3-2-4(3)5(6)7/h3-5H,2H2,1H3/t3-,4?/m0/s1. The summed E-state index contributed by atoms with van der Waals surface area (Å²) in [5.74, 6) is 0.0278. The molecule has 0 heterocycles. The van der Waals surface area contributed by atoms with Gasteiger partial charge in [0.2, 0.25) is 6.43 Å². The number of rotatable bonds is 1. The topological polar surface area (TPSA) is 0 Å². The maximum Gasteiger partial charge on any atom is 0.241 e. The van der Waals surface area contributed by atoms with E-state index in [0.29, 0.717) is 5.92 Å². The maximum absolute atomic E-state index is 11.5. The van der Waals surface area contributed by atoms with Gasteiger partial charge in [-0.25, -0.2) is 8.78 Å². The minimum absolute atomic E-state index is 0.264. The Bertz CT molecular complexity index is 70.5. The van der Waals surface area contributed by atoms with Gasteiger partial charge in [0, 0.05) is 5.92 Å². The summed E-state index contributed by atoms with van der Waals surface area (Å²) in [5.41, 5.74) is 0. The predicted molar refractivity (Wildman–Crippen MR) is 23.3 cm³/mol. The molecule has 0 aliphatic heterocycles. The molecule has 0 bridgehead atoms. The van der Waals surface area contributed by atoms with Crippen molar-refractivity contribution >= 4 is 0 Å². The lowest BCUT2D eigenvalue weighted by Gasteiger charge is -1.88. The van der Waals surface area contributed by atoms with Crippen molar-refractivity contribution < 1.29 is 8.78 Å². The molecule has 0 radical (unpaired) electrons. The van der Waals surface area contributed by atoms with E-state index < -0.39 is 6.43 Å². The Morgan fingerprint density at radius 2 is 2.00 bits per heavy atom. The highest BCUT2D eigenvalue weighted by atomic mass is 19.3. The van der Waals surface area contributed by atoms with Crippen LogP contribution in [0.25, 0.3) is 0 Å². The van der Waals surface area contributed by atoms with Crippen LogP contribution in [0, 0.1) is 11.8 Å². The normalized spacial score (nSPS) is 39.4. The lowest BCUT2D eigenvalue weighted by Crippen LogP contribution is -1.92. The van der Waals surface area contributed by atoms with Crippen molar-refractivity contribution in [3.8, 4) is 0 Å². The van der Waals surface area contributed by atoms with Crippen molar-refractivity contribution in [3.63, 3.8) is 0 Å². The van der Waals surface area contributed by atoms with Crippen molar-refractivity contribution in [2.24, 2.45) is 11.8 Å². The summed E-state index contributed by atoms with van der Waals surface area (Å²) in [6.45, 7) is 1.86. The van der Waals surface area contributed by atoms with Crippen molar-refractivity contribution in [3.05, 3.63) is 0 Å². The van der Waals surface area contributed by atoms with E-state index in [1.54, 1.807) is 0 Å². The smallest absolute Gasteiger partial charge is 0.210 e. The molecule has 0 spiro atoms. The maximum atomic E-state index is 11.5. The van der Waals surface area contributed by atoms with Gasteiger partial charge in [-0.1, -0.05) is 6.92 Å². The van der Waals surface area contributed by atoms with Gasteiger partial charge in [0.05, 0.1) is 0 Å². The van der Waals surface area contributed by atoms with E-state index >= 15 is 0 Å². The molecule has 1 aliphatic carbocycles. The third-order valence-corrected chi connectivity index (χ3v) is 1.50. The molecule has 1 fully saturated rings. The van der Waals surface area contributed by atoms with Crippen molar-refractivity contribution in [2.45, 2.75) is 19.8 Å². The molecule has 0 N–H and O–H groups in total. The van der Waals surface area contributed by atoms with Crippen LogP contribution in [0.4, 0.5) is 8.78 Å². The van der Waals surface area contributed by atoms with Crippen LogP contribution in [-0.2, 0) is 0 Å². The monoisotopic (exact) mass is 106 g/mol. The predicted octanol–water partition coefficient (Wildman–Crippen LogP) is 1.91. The Morgan fingerprint density at radius 1 is 1.57 bits per heavy atom. The summed E-state index contributed by atoms with van der Waals surface area (Å²) in [6.07, 6.45) is -1.33. The second-order valence-electron chi connectivity index (χ2n) is 2.21. The Balaban J connectivity index is 2.20. The zero-order valence-electron chi connectivity index (χ0n) is 4.20. The first-order valence-electron chi connectivity index (χ1n) is 2.50. The molecule has 1 saturated carbocycles. The van der Waals surface area contributed by atoms with Gasteiger partial charge >= 0.3 is 0 Å². The number of hydrogen-bond acceptors (Lipinski definition) is 0. The molecule has 1 unspecified atom stereocenters. The zero-order chi connectivity index (χ0) is 5.44. The minimum atomic E-state index is -2.06. The summed E-state index contributed by atoms with van der Waals surface area (Å²) in [5, 5.41) is 0. The quantitative estimate of drug-likeness (QED) is 0.479. The summed E-state index contributed by atoms with van der Waals surface area (Å²) in [4.78, 5) is 0. The van der Waals surface area contributed by atoms with E-state index in [4.69, 9.17) is 0 Å². The van der Waals surface area contributed by atoms with Gasteiger partial charge in [-0.05, 0) is 12.3 Å². The highest BCUT2D eigenvalue weighted by Gasteiger charge is 2.40. The third-order valence-electron chi connectivity index (χ3n) is 1.50. The van der Waals surface area contributed by atoms with E-state index in [2.05, 4.69) is 0 Å². The molecular weight excluding hydrogens is 98.1 g/mol. The molecule has 1 rings (SSSR count). The van der Waals surface area contributed by atoms with Gasteiger partial charge in [-0.15, -0.1) is 0 Å². The summed E-state index contributed by atoms with van der Waals surface area (Å²) >= 11 is 0. The Labute approximate surface area is 41.5 Å². The summed E-state index contributed by atoms with van der Waals surface area (Å²) in [6, 6.07) is 0. The SMILES string of the molecule is C[C@H]1CC1C(F)F. The van der Waals surface area contributed by atoms with Gasteiger partial charge in [0.15, 0.2) is 0 Å². The van der Waals surface area contributed by atoms with Crippen LogP contribution in [-0.4, -0.2) is 6.43 Å². The molecule has 0 aromatic heterocycles. The van der Waals surface area contributed by atoms with E-state index in [-0.39, 0.29) is 5.92 Å². The van der Waals surface area contributed by atoms with Gasteiger partial charge in [-0.3, -0.25) is 0 Å². The summed E-state index contributed by atoms with van der Waals surface area (Å²) < 4.78 is 22.9. The van der Waals surface area contributed by atoms with Crippen LogP contribution in [0.5, 0.6) is 0 Å². The molecule has 42 valence electrons. The Hall–Kier alpha value is -0.140. The van der Waals surface area contributed by atoms with Gasteiger partial charge < -0.3 is 0 Å².